The molecule has 11 nitrogen and oxygen atoms in total. The van der Waals surface area contributed by atoms with Gasteiger partial charge in [-0.1, -0.05) is 60.6 Å². The van der Waals surface area contributed by atoms with Crippen LogP contribution >= 0.6 is 12.0 Å². The molecule has 57 heavy (non-hydrogen) atoms. The zero-order valence-electron chi connectivity index (χ0n) is 31.7. The van der Waals surface area contributed by atoms with Crippen molar-refractivity contribution in [1.29, 1.82) is 0 Å². The van der Waals surface area contributed by atoms with Crippen molar-refractivity contribution in [1.82, 2.24) is 0 Å². The summed E-state index contributed by atoms with van der Waals surface area (Å²) in [6, 6.07) is 28.6. The Bertz CT molecular complexity index is 1820. The maximum atomic E-state index is 13.3. The summed E-state index contributed by atoms with van der Waals surface area (Å²) >= 11 is 1.20. The van der Waals surface area contributed by atoms with E-state index in [2.05, 4.69) is 34.3 Å². The van der Waals surface area contributed by atoms with Gasteiger partial charge in [-0.2, -0.15) is 4.91 Å². The van der Waals surface area contributed by atoms with Crippen molar-refractivity contribution in [2.45, 2.75) is 94.0 Å². The van der Waals surface area contributed by atoms with Crippen molar-refractivity contribution in [3.63, 3.8) is 0 Å². The minimum atomic E-state index is -0.932. The quantitative estimate of drug-likeness (QED) is 0.0753. The molecule has 4 N–H and O–H groups in total. The Kier molecular flexibility index (Phi) is 15.4. The summed E-state index contributed by atoms with van der Waals surface area (Å²) in [5.41, 5.74) is 5.19. The van der Waals surface area contributed by atoms with Crippen LogP contribution in [0.4, 0.5) is 14.5 Å². The van der Waals surface area contributed by atoms with Gasteiger partial charge in [0.1, 0.15) is 29.6 Å². The van der Waals surface area contributed by atoms with E-state index in [4.69, 9.17) is 18.4 Å². The highest BCUT2D eigenvalue weighted by atomic mass is 32.2. The normalized spacial score (nSPS) is 26.4. The van der Waals surface area contributed by atoms with E-state index >= 15 is 0 Å². The monoisotopic (exact) mass is 808 g/mol. The molecule has 3 saturated heterocycles. The Morgan fingerprint density at radius 2 is 1.49 bits per heavy atom. The molecule has 14 heteroatoms. The van der Waals surface area contributed by atoms with Gasteiger partial charge in [0.05, 0.1) is 67.5 Å². The lowest BCUT2D eigenvalue weighted by Gasteiger charge is -2.43. The first-order chi connectivity index (χ1) is 27.7. The van der Waals surface area contributed by atoms with E-state index in [1.165, 1.54) is 41.9 Å². The minimum absolute atomic E-state index is 0.205. The molecule has 3 heterocycles. The first-order valence-corrected chi connectivity index (χ1v) is 20.2. The predicted molar refractivity (Wildman–Crippen MR) is 214 cm³/mol. The number of rotatable bonds is 14. The van der Waals surface area contributed by atoms with Crippen LogP contribution in [0.1, 0.15) is 62.3 Å². The Balaban J connectivity index is 0.000000432. The first-order valence-electron chi connectivity index (χ1n) is 19.3. The molecule has 7 rings (SSSR count). The van der Waals surface area contributed by atoms with E-state index in [1.807, 2.05) is 43.3 Å². The van der Waals surface area contributed by atoms with Gasteiger partial charge < -0.3 is 43.7 Å². The lowest BCUT2D eigenvalue weighted by Crippen LogP contribution is -2.54. The van der Waals surface area contributed by atoms with Crippen molar-refractivity contribution in [2.75, 3.05) is 30.4 Å². The maximum Gasteiger partial charge on any atom is 0.160 e. The molecule has 3 aliphatic heterocycles. The second-order valence-corrected chi connectivity index (χ2v) is 15.2. The third-order valence-electron chi connectivity index (χ3n) is 10.5. The van der Waals surface area contributed by atoms with E-state index in [0.29, 0.717) is 24.3 Å². The van der Waals surface area contributed by atoms with Crippen LogP contribution in [0.5, 0.6) is 5.75 Å². The number of ether oxygens (including phenoxy) is 3. The molecular weight excluding hydrogens is 759 g/mol. The summed E-state index contributed by atoms with van der Waals surface area (Å²) in [6.45, 7) is 2.19. The fourth-order valence-electron chi connectivity index (χ4n) is 7.25. The Labute approximate surface area is 335 Å². The molecule has 4 aromatic rings. The molecular formula is C43H50F2N2O9S. The van der Waals surface area contributed by atoms with Crippen LogP contribution in [0.3, 0.4) is 0 Å². The molecule has 0 saturated carbocycles. The SMILES string of the molecule is CCC(O)c1ccc(F)cc1.O=NC1CC(CO)OC(OC2C(O)CC(CSOc3ccc(-c4ccc(C5CCN5c5ccc(F)cc5)cc4)cc3)OC2CO)C1. The Morgan fingerprint density at radius 1 is 0.842 bits per heavy atom. The number of halogens is 2. The summed E-state index contributed by atoms with van der Waals surface area (Å²) < 4.78 is 49.2. The second-order valence-electron chi connectivity index (χ2n) is 14.4. The number of anilines is 1. The predicted octanol–water partition coefficient (Wildman–Crippen LogP) is 7.27. The average molecular weight is 809 g/mol. The van der Waals surface area contributed by atoms with E-state index < -0.39 is 42.9 Å². The number of hydrogen-bond donors (Lipinski definition) is 4. The smallest absolute Gasteiger partial charge is 0.160 e. The first kappa shape index (κ1) is 42.6. The van der Waals surface area contributed by atoms with Crippen LogP contribution in [0.2, 0.25) is 0 Å². The zero-order valence-corrected chi connectivity index (χ0v) is 32.5. The highest BCUT2D eigenvalue weighted by Crippen LogP contribution is 2.38. The van der Waals surface area contributed by atoms with Crippen LogP contribution in [-0.4, -0.2) is 88.8 Å². The maximum absolute atomic E-state index is 13.3. The third-order valence-corrected chi connectivity index (χ3v) is 11.3. The van der Waals surface area contributed by atoms with Gasteiger partial charge in [0, 0.05) is 31.5 Å². The number of nitrogens with zero attached hydrogens (tertiary/aromatic N) is 2. The Hall–Kier alpha value is -3.99. The molecule has 3 aliphatic rings. The molecule has 0 aromatic heterocycles. The summed E-state index contributed by atoms with van der Waals surface area (Å²) in [4.78, 5) is 13.4. The van der Waals surface area contributed by atoms with E-state index in [-0.39, 0.29) is 49.8 Å². The van der Waals surface area contributed by atoms with Crippen molar-refractivity contribution in [2.24, 2.45) is 5.18 Å². The zero-order chi connectivity index (χ0) is 40.3. The number of hydrogen-bond acceptors (Lipinski definition) is 12. The fourth-order valence-corrected chi connectivity index (χ4v) is 7.93. The molecule has 0 bridgehead atoms. The lowest BCUT2D eigenvalue weighted by atomic mass is 9.92. The molecule has 0 radical (unpaired) electrons. The van der Waals surface area contributed by atoms with Gasteiger partial charge in [-0.3, -0.25) is 0 Å². The van der Waals surface area contributed by atoms with Crippen LogP contribution in [0.15, 0.2) is 102 Å². The summed E-state index contributed by atoms with van der Waals surface area (Å²) in [5, 5.41) is 42.6. The van der Waals surface area contributed by atoms with Gasteiger partial charge >= 0.3 is 0 Å². The Morgan fingerprint density at radius 3 is 2.07 bits per heavy atom. The number of nitroso groups, excluding NO2 is 1. The van der Waals surface area contributed by atoms with Crippen molar-refractivity contribution < 1.29 is 47.6 Å². The van der Waals surface area contributed by atoms with Gasteiger partial charge in [-0.05, 0) is 83.6 Å². The molecule has 0 aliphatic carbocycles. The van der Waals surface area contributed by atoms with Gasteiger partial charge in [0.15, 0.2) is 6.29 Å². The molecule has 9 unspecified atom stereocenters. The highest BCUT2D eigenvalue weighted by Gasteiger charge is 2.42. The van der Waals surface area contributed by atoms with Gasteiger partial charge in [-0.25, -0.2) is 8.78 Å². The fraction of sp³-hybridized carbons (Fsp3) is 0.442. The molecule has 0 amide bonds. The van der Waals surface area contributed by atoms with Crippen LogP contribution in [-0.2, 0) is 14.2 Å². The van der Waals surface area contributed by atoms with Crippen LogP contribution in [0.25, 0.3) is 11.1 Å². The standard InChI is InChI=1S/C34H39FN2O8S.C9H11FO/c35-24-7-9-26(10-8-24)37-14-13-30(37)23-3-1-21(2-4-23)22-5-11-27(12-6-22)45-46-20-29-17-31(40)34(32(19-39)42-29)44-33-16-25(36-41)15-28(18-38)43-33;1-2-9(11)7-3-5-8(10)6-4-7/h1-12,25,28-34,38-40H,13-20H2;3-6,9,11H,2H2,1H3. The highest BCUT2D eigenvalue weighted by molar-refractivity contribution is 7.95. The topological polar surface area (TPSA) is 151 Å². The number of benzene rings is 4. The minimum Gasteiger partial charge on any atom is -0.426 e. The number of aliphatic hydroxyl groups is 4. The molecule has 4 aromatic carbocycles. The van der Waals surface area contributed by atoms with Crippen molar-refractivity contribution >= 4 is 17.7 Å². The van der Waals surface area contributed by atoms with Crippen LogP contribution in [0, 0.1) is 16.5 Å². The summed E-state index contributed by atoms with van der Waals surface area (Å²) in [7, 11) is 0. The largest absolute Gasteiger partial charge is 0.426 e. The molecule has 0 spiro atoms. The van der Waals surface area contributed by atoms with Crippen LogP contribution < -0.4 is 9.08 Å². The van der Waals surface area contributed by atoms with E-state index in [9.17, 15) is 34.1 Å². The van der Waals surface area contributed by atoms with Gasteiger partial charge in [0.25, 0.3) is 0 Å². The van der Waals surface area contributed by atoms with E-state index in [0.717, 1.165) is 35.3 Å². The third kappa shape index (κ3) is 11.4. The molecule has 9 atom stereocenters. The molecule has 306 valence electrons. The summed E-state index contributed by atoms with van der Waals surface area (Å²) in [5.74, 6) is 0.603. The lowest BCUT2D eigenvalue weighted by molar-refractivity contribution is -0.277. The average Bonchev–Trinajstić information content (AvgIpc) is 3.22. The summed E-state index contributed by atoms with van der Waals surface area (Å²) in [6.07, 6.45) is -2.36. The van der Waals surface area contributed by atoms with Crippen molar-refractivity contribution in [3.8, 4) is 16.9 Å². The van der Waals surface area contributed by atoms with Gasteiger partial charge in [0.2, 0.25) is 0 Å². The number of aliphatic hydroxyl groups excluding tert-OH is 4. The van der Waals surface area contributed by atoms with E-state index in [1.54, 1.807) is 12.1 Å². The molecule has 3 fully saturated rings. The second kappa shape index (κ2) is 20.6. The van der Waals surface area contributed by atoms with Gasteiger partial charge in [-0.15, -0.1) is 0 Å². The van der Waals surface area contributed by atoms with Crippen molar-refractivity contribution in [3.05, 3.63) is 125 Å².